The third-order valence-electron chi connectivity index (χ3n) is 5.85. The number of hydrogen-bond donors (Lipinski definition) is 1. The summed E-state index contributed by atoms with van der Waals surface area (Å²) in [6.45, 7) is 5.80. The van der Waals surface area contributed by atoms with Crippen molar-refractivity contribution in [2.75, 3.05) is 19.4 Å². The summed E-state index contributed by atoms with van der Waals surface area (Å²) in [4.78, 5) is 14.6. The van der Waals surface area contributed by atoms with Crippen LogP contribution in [-0.2, 0) is 14.6 Å². The highest BCUT2D eigenvalue weighted by Gasteiger charge is 2.53. The Morgan fingerprint density at radius 3 is 2.46 bits per heavy atom. The van der Waals surface area contributed by atoms with Crippen LogP contribution in [-0.4, -0.2) is 62.2 Å². The smallest absolute Gasteiger partial charge is 0.318 e. The second-order valence-corrected chi connectivity index (χ2v) is 10.6. The van der Waals surface area contributed by atoms with Gasteiger partial charge in [0.2, 0.25) is 0 Å². The second-order valence-electron chi connectivity index (χ2n) is 8.32. The lowest BCUT2D eigenvalue weighted by atomic mass is 9.72. The maximum absolute atomic E-state index is 12.8. The SMILES string of the molecule is CC1(C)CN(C(=O)N[C@@H]2CCCC[C@H]2S(C)(=O)=O)C1C1CCCO1. The van der Waals surface area contributed by atoms with Crippen molar-refractivity contribution in [2.24, 2.45) is 5.41 Å². The average Bonchev–Trinajstić information content (AvgIpc) is 2.97. The normalized spacial score (nSPS) is 36.2. The van der Waals surface area contributed by atoms with Gasteiger partial charge in [-0.3, -0.25) is 0 Å². The molecular formula is C17H30N2O4S. The summed E-state index contributed by atoms with van der Waals surface area (Å²) >= 11 is 0. The van der Waals surface area contributed by atoms with Crippen LogP contribution in [0.3, 0.4) is 0 Å². The van der Waals surface area contributed by atoms with Crippen molar-refractivity contribution in [3.05, 3.63) is 0 Å². The molecular weight excluding hydrogens is 328 g/mol. The molecule has 3 fully saturated rings. The van der Waals surface area contributed by atoms with Crippen LogP contribution in [0.2, 0.25) is 0 Å². The van der Waals surface area contributed by atoms with E-state index in [-0.39, 0.29) is 29.6 Å². The molecule has 2 unspecified atom stereocenters. The van der Waals surface area contributed by atoms with E-state index in [0.717, 1.165) is 38.7 Å². The van der Waals surface area contributed by atoms with Gasteiger partial charge in [-0.05, 0) is 25.7 Å². The number of amides is 2. The molecule has 3 aliphatic rings. The van der Waals surface area contributed by atoms with E-state index in [1.54, 1.807) is 0 Å². The van der Waals surface area contributed by atoms with Crippen molar-refractivity contribution in [3.63, 3.8) is 0 Å². The van der Waals surface area contributed by atoms with Crippen LogP contribution < -0.4 is 5.32 Å². The molecule has 6 nitrogen and oxygen atoms in total. The van der Waals surface area contributed by atoms with Crippen molar-refractivity contribution in [1.29, 1.82) is 0 Å². The number of sulfone groups is 1. The van der Waals surface area contributed by atoms with Gasteiger partial charge in [0.05, 0.1) is 17.4 Å². The quantitative estimate of drug-likeness (QED) is 0.836. The Balaban J connectivity index is 1.67. The first-order valence-corrected chi connectivity index (χ1v) is 11.0. The zero-order chi connectivity index (χ0) is 17.5. The summed E-state index contributed by atoms with van der Waals surface area (Å²) < 4.78 is 29.9. The number of nitrogens with one attached hydrogen (secondary N) is 1. The van der Waals surface area contributed by atoms with Crippen LogP contribution in [0.15, 0.2) is 0 Å². The molecule has 24 heavy (non-hydrogen) atoms. The molecule has 1 aliphatic carbocycles. The van der Waals surface area contributed by atoms with Gasteiger partial charge in [-0.25, -0.2) is 13.2 Å². The van der Waals surface area contributed by atoms with Gasteiger partial charge >= 0.3 is 6.03 Å². The topological polar surface area (TPSA) is 75.7 Å². The van der Waals surface area contributed by atoms with Gasteiger partial charge in [0.1, 0.15) is 0 Å². The number of nitrogens with zero attached hydrogens (tertiary/aromatic N) is 1. The predicted octanol–water partition coefficient (Wildman–Crippen LogP) is 1.94. The summed E-state index contributed by atoms with van der Waals surface area (Å²) in [5.41, 5.74) is 0.0507. The molecule has 2 heterocycles. The Kier molecular flexibility index (Phi) is 4.86. The Hall–Kier alpha value is -0.820. The van der Waals surface area contributed by atoms with Gasteiger partial charge in [-0.2, -0.15) is 0 Å². The largest absolute Gasteiger partial charge is 0.376 e. The van der Waals surface area contributed by atoms with E-state index < -0.39 is 15.1 Å². The highest BCUT2D eigenvalue weighted by Crippen LogP contribution is 2.42. The Morgan fingerprint density at radius 2 is 1.88 bits per heavy atom. The summed E-state index contributed by atoms with van der Waals surface area (Å²) in [6.07, 6.45) is 6.70. The molecule has 0 aromatic rings. The van der Waals surface area contributed by atoms with Crippen molar-refractivity contribution in [3.8, 4) is 0 Å². The number of carbonyl (C=O) groups excluding carboxylic acids is 1. The molecule has 0 aromatic carbocycles. The molecule has 0 aromatic heterocycles. The minimum Gasteiger partial charge on any atom is -0.376 e. The molecule has 4 atom stereocenters. The van der Waals surface area contributed by atoms with E-state index in [9.17, 15) is 13.2 Å². The minimum atomic E-state index is -3.15. The number of rotatable bonds is 3. The molecule has 2 amide bonds. The van der Waals surface area contributed by atoms with Gasteiger partial charge in [-0.15, -0.1) is 0 Å². The van der Waals surface area contributed by atoms with Crippen LogP contribution in [0.25, 0.3) is 0 Å². The fourth-order valence-corrected chi connectivity index (χ4v) is 6.11. The third kappa shape index (κ3) is 3.43. The zero-order valence-electron chi connectivity index (χ0n) is 15.0. The first-order valence-electron chi connectivity index (χ1n) is 9.08. The molecule has 3 rings (SSSR count). The monoisotopic (exact) mass is 358 g/mol. The molecule has 7 heteroatoms. The summed E-state index contributed by atoms with van der Waals surface area (Å²) in [7, 11) is -3.15. The first-order chi connectivity index (χ1) is 11.2. The summed E-state index contributed by atoms with van der Waals surface area (Å²) in [5.74, 6) is 0. The first kappa shape index (κ1) is 18.0. The third-order valence-corrected chi connectivity index (χ3v) is 7.52. The predicted molar refractivity (Wildman–Crippen MR) is 92.7 cm³/mol. The van der Waals surface area contributed by atoms with E-state index in [0.29, 0.717) is 13.0 Å². The van der Waals surface area contributed by atoms with Crippen molar-refractivity contribution in [1.82, 2.24) is 10.2 Å². The lowest BCUT2D eigenvalue weighted by Gasteiger charge is -2.56. The van der Waals surface area contributed by atoms with Crippen LogP contribution in [0, 0.1) is 5.41 Å². The highest BCUT2D eigenvalue weighted by molar-refractivity contribution is 7.91. The average molecular weight is 359 g/mol. The van der Waals surface area contributed by atoms with Gasteiger partial charge in [0.15, 0.2) is 9.84 Å². The van der Waals surface area contributed by atoms with Crippen LogP contribution in [0.4, 0.5) is 4.79 Å². The number of ether oxygens (including phenoxy) is 1. The zero-order valence-corrected chi connectivity index (χ0v) is 15.8. The van der Waals surface area contributed by atoms with E-state index in [1.165, 1.54) is 6.26 Å². The fraction of sp³-hybridized carbons (Fsp3) is 0.941. The molecule has 0 bridgehead atoms. The van der Waals surface area contributed by atoms with Crippen molar-refractivity contribution >= 4 is 15.9 Å². The molecule has 2 saturated heterocycles. The van der Waals surface area contributed by atoms with Gasteiger partial charge < -0.3 is 15.0 Å². The van der Waals surface area contributed by atoms with Crippen molar-refractivity contribution < 1.29 is 17.9 Å². The summed E-state index contributed by atoms with van der Waals surface area (Å²) in [5, 5.41) is 2.57. The van der Waals surface area contributed by atoms with Gasteiger partial charge in [-0.1, -0.05) is 26.7 Å². The maximum Gasteiger partial charge on any atom is 0.318 e. The van der Waals surface area contributed by atoms with Crippen LogP contribution in [0.1, 0.15) is 52.4 Å². The lowest BCUT2D eigenvalue weighted by Crippen LogP contribution is -2.70. The lowest BCUT2D eigenvalue weighted by molar-refractivity contribution is -0.0915. The second kappa shape index (κ2) is 6.48. The number of urea groups is 1. The highest BCUT2D eigenvalue weighted by atomic mass is 32.2. The standard InChI is InChI=1S/C17H30N2O4S/c1-17(2)11-19(15(17)13-8-6-10-23-13)16(20)18-12-7-4-5-9-14(12)24(3,21)22/h12-15H,4-11H2,1-3H3,(H,18,20)/t12-,13?,14-,15?/m1/s1. The summed E-state index contributed by atoms with van der Waals surface area (Å²) in [6, 6.07) is -0.314. The Labute approximate surface area is 145 Å². The molecule has 1 N–H and O–H groups in total. The molecule has 2 aliphatic heterocycles. The molecule has 0 spiro atoms. The van der Waals surface area contributed by atoms with E-state index in [2.05, 4.69) is 19.2 Å². The number of carbonyl (C=O) groups is 1. The minimum absolute atomic E-state index is 0.0507. The van der Waals surface area contributed by atoms with Crippen LogP contribution in [0.5, 0.6) is 0 Å². The van der Waals surface area contributed by atoms with E-state index >= 15 is 0 Å². The molecule has 138 valence electrons. The van der Waals surface area contributed by atoms with Crippen LogP contribution >= 0.6 is 0 Å². The maximum atomic E-state index is 12.8. The van der Waals surface area contributed by atoms with E-state index in [1.807, 2.05) is 4.90 Å². The fourth-order valence-electron chi connectivity index (χ4n) is 4.71. The number of likely N-dealkylation sites (tertiary alicyclic amines) is 1. The van der Waals surface area contributed by atoms with Crippen molar-refractivity contribution in [2.45, 2.75) is 75.8 Å². The van der Waals surface area contributed by atoms with E-state index in [4.69, 9.17) is 4.74 Å². The van der Waals surface area contributed by atoms with Gasteiger partial charge in [0, 0.05) is 30.9 Å². The Morgan fingerprint density at radius 1 is 1.17 bits per heavy atom. The molecule has 1 saturated carbocycles. The Bertz CT molecular complexity index is 583. The molecule has 0 radical (unpaired) electrons. The number of hydrogen-bond acceptors (Lipinski definition) is 4. The van der Waals surface area contributed by atoms with Gasteiger partial charge in [0.25, 0.3) is 0 Å².